The number of carbonyl (C=O) groups excluding carboxylic acids is 1. The van der Waals surface area contributed by atoms with Crippen molar-refractivity contribution in [1.82, 2.24) is 4.57 Å². The Hall–Kier alpha value is -2.96. The quantitative estimate of drug-likeness (QED) is 0.480. The van der Waals surface area contributed by atoms with Crippen molar-refractivity contribution in [3.05, 3.63) is 74.2 Å². The molecule has 1 aromatic heterocycles. The highest BCUT2D eigenvalue weighted by Gasteiger charge is 2.21. The van der Waals surface area contributed by atoms with Crippen LogP contribution in [0.15, 0.2) is 47.4 Å². The highest BCUT2D eigenvalue weighted by molar-refractivity contribution is 5.73. The molecule has 2 rings (SSSR count). The van der Waals surface area contributed by atoms with Crippen LogP contribution in [0.2, 0.25) is 0 Å². The summed E-state index contributed by atoms with van der Waals surface area (Å²) >= 11 is 0. The fourth-order valence-electron chi connectivity index (χ4n) is 2.09. The zero-order valence-corrected chi connectivity index (χ0v) is 12.8. The summed E-state index contributed by atoms with van der Waals surface area (Å²) in [4.78, 5) is 34.4. The molecule has 0 bridgehead atoms. The van der Waals surface area contributed by atoms with Crippen LogP contribution >= 0.6 is 0 Å². The monoisotopic (exact) mass is 316 g/mol. The van der Waals surface area contributed by atoms with Crippen LogP contribution in [0.4, 0.5) is 5.69 Å². The maximum absolute atomic E-state index is 12.1. The first-order chi connectivity index (χ1) is 10.9. The van der Waals surface area contributed by atoms with E-state index in [1.54, 1.807) is 12.1 Å². The van der Waals surface area contributed by atoms with Crippen LogP contribution in [0.25, 0.3) is 0 Å². The van der Waals surface area contributed by atoms with E-state index in [9.17, 15) is 19.7 Å². The van der Waals surface area contributed by atoms with E-state index in [0.717, 1.165) is 22.4 Å². The highest BCUT2D eigenvalue weighted by atomic mass is 16.6. The molecular formula is C16H16N2O5. The van der Waals surface area contributed by atoms with E-state index in [0.29, 0.717) is 0 Å². The Kier molecular flexibility index (Phi) is 4.90. The van der Waals surface area contributed by atoms with Gasteiger partial charge >= 0.3 is 5.97 Å². The van der Waals surface area contributed by atoms with Crippen molar-refractivity contribution in [2.45, 2.75) is 26.5 Å². The number of nitrogens with zero attached hydrogens (tertiary/aromatic N) is 2. The van der Waals surface area contributed by atoms with Gasteiger partial charge in [0.15, 0.2) is 0 Å². The van der Waals surface area contributed by atoms with Gasteiger partial charge in [-0.05, 0) is 19.4 Å². The molecule has 0 aliphatic carbocycles. The molecule has 0 aliphatic rings. The van der Waals surface area contributed by atoms with Gasteiger partial charge in [0.1, 0.15) is 12.6 Å². The lowest BCUT2D eigenvalue weighted by molar-refractivity contribution is -0.386. The largest absolute Gasteiger partial charge is 0.459 e. The zero-order valence-electron chi connectivity index (χ0n) is 12.8. The summed E-state index contributed by atoms with van der Waals surface area (Å²) in [6.07, 6.45) is 1.08. The number of esters is 1. The third-order valence-electron chi connectivity index (χ3n) is 3.44. The third-order valence-corrected chi connectivity index (χ3v) is 3.44. The van der Waals surface area contributed by atoms with Gasteiger partial charge in [0, 0.05) is 11.6 Å². The Bertz CT molecular complexity index is 783. The van der Waals surface area contributed by atoms with Crippen LogP contribution in [0.5, 0.6) is 0 Å². The molecule has 1 unspecified atom stereocenters. The standard InChI is InChI=1S/C16H16N2O5/c1-11-8-15(19)17(9-14(11)18(21)22)12(2)16(20)23-10-13-6-4-3-5-7-13/h3-9,12H,10H2,1-2H3. The number of ether oxygens (including phenoxy) is 1. The molecule has 1 atom stereocenters. The predicted octanol–water partition coefficient (Wildman–Crippen LogP) is 2.37. The van der Waals surface area contributed by atoms with Crippen LogP contribution in [0.3, 0.4) is 0 Å². The minimum absolute atomic E-state index is 0.0761. The third kappa shape index (κ3) is 3.82. The maximum Gasteiger partial charge on any atom is 0.329 e. The Balaban J connectivity index is 2.17. The van der Waals surface area contributed by atoms with E-state index in [2.05, 4.69) is 0 Å². The van der Waals surface area contributed by atoms with E-state index in [1.807, 2.05) is 18.2 Å². The number of benzene rings is 1. The van der Waals surface area contributed by atoms with Gasteiger partial charge in [0.25, 0.3) is 11.2 Å². The SMILES string of the molecule is Cc1cc(=O)n(C(C)C(=O)OCc2ccccc2)cc1[N+](=O)[O-]. The second kappa shape index (κ2) is 6.87. The fraction of sp³-hybridized carbons (Fsp3) is 0.250. The van der Waals surface area contributed by atoms with Crippen molar-refractivity contribution >= 4 is 11.7 Å². The second-order valence-electron chi connectivity index (χ2n) is 5.11. The fourth-order valence-corrected chi connectivity index (χ4v) is 2.09. The van der Waals surface area contributed by atoms with E-state index in [-0.39, 0.29) is 17.9 Å². The number of carbonyl (C=O) groups is 1. The first-order valence-corrected chi connectivity index (χ1v) is 6.98. The predicted molar refractivity (Wildman–Crippen MR) is 83.0 cm³/mol. The minimum Gasteiger partial charge on any atom is -0.459 e. The lowest BCUT2D eigenvalue weighted by Gasteiger charge is -2.14. The Morgan fingerprint density at radius 1 is 1.35 bits per heavy atom. The van der Waals surface area contributed by atoms with Gasteiger partial charge < -0.3 is 4.74 Å². The number of nitro groups is 1. The van der Waals surface area contributed by atoms with Crippen molar-refractivity contribution in [1.29, 1.82) is 0 Å². The molecular weight excluding hydrogens is 300 g/mol. The first kappa shape index (κ1) is 16.4. The average Bonchev–Trinajstić information content (AvgIpc) is 2.52. The molecule has 0 aliphatic heterocycles. The normalized spacial score (nSPS) is 11.7. The smallest absolute Gasteiger partial charge is 0.329 e. The molecule has 0 N–H and O–H groups in total. The van der Waals surface area contributed by atoms with Crippen LogP contribution in [0.1, 0.15) is 24.1 Å². The van der Waals surface area contributed by atoms with Crippen LogP contribution < -0.4 is 5.56 Å². The van der Waals surface area contributed by atoms with Crippen molar-refractivity contribution in [3.8, 4) is 0 Å². The van der Waals surface area contributed by atoms with E-state index < -0.39 is 22.5 Å². The van der Waals surface area contributed by atoms with Crippen molar-refractivity contribution in [3.63, 3.8) is 0 Å². The molecule has 0 saturated heterocycles. The lowest BCUT2D eigenvalue weighted by Crippen LogP contribution is -2.29. The van der Waals surface area contributed by atoms with Crippen molar-refractivity contribution < 1.29 is 14.5 Å². The van der Waals surface area contributed by atoms with Gasteiger partial charge in [-0.25, -0.2) is 4.79 Å². The van der Waals surface area contributed by atoms with Crippen molar-refractivity contribution in [2.24, 2.45) is 0 Å². The zero-order chi connectivity index (χ0) is 17.0. The van der Waals surface area contributed by atoms with Gasteiger partial charge in [-0.15, -0.1) is 0 Å². The number of aryl methyl sites for hydroxylation is 1. The summed E-state index contributed by atoms with van der Waals surface area (Å²) in [6, 6.07) is 9.28. The molecule has 0 saturated carbocycles. The van der Waals surface area contributed by atoms with E-state index >= 15 is 0 Å². The topological polar surface area (TPSA) is 91.4 Å². The molecule has 0 fully saturated rings. The van der Waals surface area contributed by atoms with Crippen LogP contribution in [-0.2, 0) is 16.1 Å². The molecule has 7 nitrogen and oxygen atoms in total. The van der Waals surface area contributed by atoms with Crippen LogP contribution in [-0.4, -0.2) is 15.5 Å². The van der Waals surface area contributed by atoms with Crippen molar-refractivity contribution in [2.75, 3.05) is 0 Å². The Morgan fingerprint density at radius 2 is 2.00 bits per heavy atom. The maximum atomic E-state index is 12.1. The number of pyridine rings is 1. The highest BCUT2D eigenvalue weighted by Crippen LogP contribution is 2.17. The Morgan fingerprint density at radius 3 is 2.61 bits per heavy atom. The van der Waals surface area contributed by atoms with E-state index in [1.165, 1.54) is 13.8 Å². The van der Waals surface area contributed by atoms with E-state index in [4.69, 9.17) is 4.74 Å². The molecule has 23 heavy (non-hydrogen) atoms. The van der Waals surface area contributed by atoms with Gasteiger partial charge in [0.2, 0.25) is 0 Å². The first-order valence-electron chi connectivity index (χ1n) is 6.98. The molecule has 0 radical (unpaired) electrons. The molecule has 1 aromatic carbocycles. The van der Waals surface area contributed by atoms with Gasteiger partial charge in [-0.2, -0.15) is 0 Å². The minimum atomic E-state index is -0.953. The number of aromatic nitrogens is 1. The number of rotatable bonds is 5. The molecule has 1 heterocycles. The number of hydrogen-bond donors (Lipinski definition) is 0. The summed E-state index contributed by atoms with van der Waals surface area (Å²) in [7, 11) is 0. The second-order valence-corrected chi connectivity index (χ2v) is 5.11. The molecule has 2 aromatic rings. The van der Waals surface area contributed by atoms with Gasteiger partial charge in [-0.1, -0.05) is 30.3 Å². The average molecular weight is 316 g/mol. The summed E-state index contributed by atoms with van der Waals surface area (Å²) in [5, 5.41) is 11.0. The summed E-state index contributed by atoms with van der Waals surface area (Å²) in [5.74, 6) is -0.630. The summed E-state index contributed by atoms with van der Waals surface area (Å²) in [5.41, 5.74) is 0.362. The lowest BCUT2D eigenvalue weighted by atomic mass is 10.2. The van der Waals surface area contributed by atoms with Gasteiger partial charge in [0.05, 0.1) is 11.1 Å². The van der Waals surface area contributed by atoms with Crippen LogP contribution in [0, 0.1) is 17.0 Å². The molecule has 0 amide bonds. The summed E-state index contributed by atoms with van der Waals surface area (Å²) < 4.78 is 6.17. The molecule has 0 spiro atoms. The molecule has 120 valence electrons. The summed E-state index contributed by atoms with van der Waals surface area (Å²) in [6.45, 7) is 3.02. The van der Waals surface area contributed by atoms with Gasteiger partial charge in [-0.3, -0.25) is 19.5 Å². The number of hydrogen-bond acceptors (Lipinski definition) is 5. The Labute approximate surface area is 132 Å². The molecule has 7 heteroatoms.